The Kier molecular flexibility index (Phi) is 21.9. The summed E-state index contributed by atoms with van der Waals surface area (Å²) in [6.07, 6.45) is 30.0. The van der Waals surface area contributed by atoms with Crippen LogP contribution in [0.1, 0.15) is 168 Å². The van der Waals surface area contributed by atoms with Crippen LogP contribution in [-0.2, 0) is 38.9 Å². The van der Waals surface area contributed by atoms with E-state index in [9.17, 15) is 19.8 Å². The Morgan fingerprint density at radius 2 is 0.677 bits per heavy atom. The second kappa shape index (κ2) is 26.7. The Morgan fingerprint density at radius 3 is 1.05 bits per heavy atom. The number of phenolic OH excluding ortho intramolecular Hbond substituents is 4. The Balaban J connectivity index is 0.000000191. The summed E-state index contributed by atoms with van der Waals surface area (Å²) in [6, 6.07) is 27.2. The van der Waals surface area contributed by atoms with E-state index >= 15 is 0 Å². The van der Waals surface area contributed by atoms with Gasteiger partial charge in [-0.05, 0) is 165 Å². The maximum absolute atomic E-state index is 11.9. The zero-order valence-corrected chi connectivity index (χ0v) is 38.6. The van der Waals surface area contributed by atoms with Crippen LogP contribution < -0.4 is 0 Å². The van der Waals surface area contributed by atoms with Crippen LogP contribution in [0, 0.1) is 23.7 Å². The second-order valence-electron chi connectivity index (χ2n) is 17.8. The normalized spacial score (nSPS) is 21.8. The van der Waals surface area contributed by atoms with Gasteiger partial charge in [0.1, 0.15) is 28.8 Å². The first-order chi connectivity index (χ1) is 29.3. The first-order valence-electron chi connectivity index (χ1n) is 23.2. The van der Waals surface area contributed by atoms with Gasteiger partial charge in [-0.2, -0.15) is 0 Å². The average molecular weight is 925 g/mol. The van der Waals surface area contributed by atoms with Crippen LogP contribution in [0.3, 0.4) is 0 Å². The number of Topliss-reactive ketones (excluding diaryl/α,β-unsaturated/α-hetero) is 1. The summed E-state index contributed by atoms with van der Waals surface area (Å²) in [6.45, 7) is 0. The first kappa shape index (κ1) is 50.8. The van der Waals surface area contributed by atoms with Crippen molar-refractivity contribution in [3.8, 4) is 23.0 Å². The molecule has 336 valence electrons. The van der Waals surface area contributed by atoms with E-state index < -0.39 is 0 Å². The molecule has 6 saturated carbocycles. The molecule has 8 heteroatoms. The van der Waals surface area contributed by atoms with Crippen molar-refractivity contribution in [1.82, 2.24) is 0 Å². The van der Waals surface area contributed by atoms with E-state index in [1.165, 1.54) is 169 Å². The summed E-state index contributed by atoms with van der Waals surface area (Å²) >= 11 is 0. The molecule has 6 aliphatic carbocycles. The van der Waals surface area contributed by atoms with Crippen LogP contribution in [0.15, 0.2) is 103 Å². The third kappa shape index (κ3) is 15.2. The number of ketones is 2. The number of aromatic hydroxyl groups is 4. The van der Waals surface area contributed by atoms with E-state index in [4.69, 9.17) is 10.2 Å². The predicted molar refractivity (Wildman–Crippen MR) is 242 cm³/mol. The van der Waals surface area contributed by atoms with Crippen molar-refractivity contribution in [1.29, 1.82) is 0 Å². The van der Waals surface area contributed by atoms with Crippen LogP contribution in [0.5, 0.6) is 23.0 Å². The van der Waals surface area contributed by atoms with Crippen molar-refractivity contribution in [2.75, 3.05) is 0 Å². The molecule has 6 aliphatic rings. The molecule has 6 fully saturated rings. The minimum atomic E-state index is -0.139. The first-order valence-corrected chi connectivity index (χ1v) is 23.2. The molecule has 0 saturated heterocycles. The molecule has 0 amide bonds. The van der Waals surface area contributed by atoms with Crippen molar-refractivity contribution in [3.63, 3.8) is 0 Å². The molecule has 0 heterocycles. The van der Waals surface area contributed by atoms with Crippen LogP contribution in [-0.4, -0.2) is 32.0 Å². The zero-order chi connectivity index (χ0) is 42.1. The van der Waals surface area contributed by atoms with Gasteiger partial charge >= 0.3 is 0 Å². The molecule has 0 spiro atoms. The molecular weight excluding hydrogens is 856 g/mol. The zero-order valence-electron chi connectivity index (χ0n) is 36.4. The van der Waals surface area contributed by atoms with E-state index in [-0.39, 0.29) is 51.4 Å². The number of carbonyl (C=O) groups excluding carboxylic acids is 2. The van der Waals surface area contributed by atoms with E-state index in [1.54, 1.807) is 54.1 Å². The second-order valence-corrected chi connectivity index (χ2v) is 17.8. The van der Waals surface area contributed by atoms with Gasteiger partial charge in [-0.1, -0.05) is 107 Å². The molecular formula is C54H68Fe2O6. The molecule has 10 rings (SSSR count). The molecule has 0 bridgehead atoms. The maximum atomic E-state index is 11.9. The van der Waals surface area contributed by atoms with Gasteiger partial charge in [0.05, 0.1) is 0 Å². The largest absolute Gasteiger partial charge is 0.508 e. The molecule has 0 aliphatic heterocycles. The smallest absolute Gasteiger partial charge is 0.193 e. The SMILES string of the molecule is C1CCCC1.C1CCCC1.O=C(c1ccc(O)cc1)c1ccc(O)cc1.O=C1CCCC2CCCC12.Oc1ccc(C(=C2CCCC3CCCC23)c2ccc(O)cc2)cc1.[Fe].[Fe]. The fourth-order valence-corrected chi connectivity index (χ4v) is 10.4. The Labute approximate surface area is 392 Å². The topological polar surface area (TPSA) is 115 Å². The number of carbonyl (C=O) groups is 2. The minimum Gasteiger partial charge on any atom is -0.508 e. The standard InChI is InChI=1S/C22H24O2.C13H10O3.C9H14O.2C5H10.2Fe/c23-18-11-7-16(8-12-18)22(17-9-13-19(24)14-10-17)21-6-2-4-15-3-1-5-20(15)21;14-11-5-1-9(2-6-11)13(16)10-3-7-12(15)8-4-10;10-9-6-2-4-7-3-1-5-8(7)9;2*1-2-4-5-3-1;;/h7-15,20,23-24H,1-6H2;1-8,14-15H;7-8H,1-6H2;2*1-5H2;;. The third-order valence-corrected chi connectivity index (χ3v) is 13.6. The van der Waals surface area contributed by atoms with Gasteiger partial charge < -0.3 is 20.4 Å². The summed E-state index contributed by atoms with van der Waals surface area (Å²) in [5, 5.41) is 37.5. The quantitative estimate of drug-likeness (QED) is 0.120. The molecule has 0 radical (unpaired) electrons. The number of fused-ring (bicyclic) bond motifs is 2. The number of hydrogen-bond donors (Lipinski definition) is 4. The average Bonchev–Trinajstić information content (AvgIpc) is 4.13. The van der Waals surface area contributed by atoms with Crippen LogP contribution in [0.2, 0.25) is 0 Å². The number of hydrogen-bond acceptors (Lipinski definition) is 6. The fraction of sp³-hybridized carbons (Fsp3) is 0.481. The summed E-state index contributed by atoms with van der Waals surface area (Å²) in [7, 11) is 0. The van der Waals surface area contributed by atoms with E-state index in [2.05, 4.69) is 0 Å². The van der Waals surface area contributed by atoms with Crippen molar-refractivity contribution >= 4 is 17.1 Å². The molecule has 0 aromatic heterocycles. The molecule has 62 heavy (non-hydrogen) atoms. The van der Waals surface area contributed by atoms with Crippen LogP contribution in [0.4, 0.5) is 0 Å². The molecule has 6 nitrogen and oxygen atoms in total. The van der Waals surface area contributed by atoms with Gasteiger partial charge in [0.15, 0.2) is 5.78 Å². The van der Waals surface area contributed by atoms with Crippen molar-refractivity contribution in [2.45, 2.75) is 141 Å². The summed E-state index contributed by atoms with van der Waals surface area (Å²) in [5.41, 5.74) is 6.24. The van der Waals surface area contributed by atoms with Crippen LogP contribution in [0.25, 0.3) is 5.57 Å². The van der Waals surface area contributed by atoms with Crippen LogP contribution >= 0.6 is 0 Å². The minimum absolute atomic E-state index is 0. The summed E-state index contributed by atoms with van der Waals surface area (Å²) in [4.78, 5) is 23.2. The molecule has 4 aromatic rings. The molecule has 4 atom stereocenters. The summed E-state index contributed by atoms with van der Waals surface area (Å²) in [5.74, 6) is 4.12. The Bertz CT molecular complexity index is 1830. The van der Waals surface area contributed by atoms with Gasteiger partial charge in [-0.3, -0.25) is 9.59 Å². The van der Waals surface area contributed by atoms with E-state index in [0.717, 1.165) is 24.7 Å². The maximum Gasteiger partial charge on any atom is 0.193 e. The van der Waals surface area contributed by atoms with E-state index in [1.807, 2.05) is 24.3 Å². The van der Waals surface area contributed by atoms with Gasteiger partial charge in [0.2, 0.25) is 0 Å². The fourth-order valence-electron chi connectivity index (χ4n) is 10.4. The number of benzene rings is 4. The van der Waals surface area contributed by atoms with E-state index in [0.29, 0.717) is 40.2 Å². The van der Waals surface area contributed by atoms with Gasteiger partial charge in [0.25, 0.3) is 0 Å². The number of rotatable bonds is 4. The third-order valence-electron chi connectivity index (χ3n) is 13.6. The Hall–Kier alpha value is -3.80. The number of allylic oxidation sites excluding steroid dienone is 1. The Morgan fingerprint density at radius 1 is 0.371 bits per heavy atom. The summed E-state index contributed by atoms with van der Waals surface area (Å²) < 4.78 is 0. The van der Waals surface area contributed by atoms with Crippen molar-refractivity contribution in [2.24, 2.45) is 23.7 Å². The predicted octanol–water partition coefficient (Wildman–Crippen LogP) is 13.9. The molecule has 4 aromatic carbocycles. The monoisotopic (exact) mass is 924 g/mol. The number of phenols is 4. The van der Waals surface area contributed by atoms with Gasteiger partial charge in [0, 0.05) is 57.6 Å². The van der Waals surface area contributed by atoms with Gasteiger partial charge in [-0.25, -0.2) is 0 Å². The molecule has 4 N–H and O–H groups in total. The van der Waals surface area contributed by atoms with Crippen molar-refractivity contribution in [3.05, 3.63) is 125 Å². The van der Waals surface area contributed by atoms with Gasteiger partial charge in [-0.15, -0.1) is 0 Å². The molecule has 4 unspecified atom stereocenters. The van der Waals surface area contributed by atoms with Crippen molar-refractivity contribution < 1.29 is 64.2 Å².